The molecule has 1 aliphatic rings. The van der Waals surface area contributed by atoms with Crippen molar-refractivity contribution >= 4 is 17.5 Å². The van der Waals surface area contributed by atoms with Crippen molar-refractivity contribution in [2.45, 2.75) is 38.8 Å². The highest BCUT2D eigenvalue weighted by Crippen LogP contribution is 2.23. The molecule has 0 spiro atoms. The molecular formula is C15H21ClN2O2. The van der Waals surface area contributed by atoms with Crippen molar-refractivity contribution in [2.24, 2.45) is 0 Å². The number of carbonyl (C=O) groups is 1. The summed E-state index contributed by atoms with van der Waals surface area (Å²) >= 11 is 5.86. The van der Waals surface area contributed by atoms with E-state index < -0.39 is 0 Å². The molecule has 5 heteroatoms. The number of hydrogen-bond acceptors (Lipinski definition) is 3. The van der Waals surface area contributed by atoms with Crippen molar-refractivity contribution < 1.29 is 9.90 Å². The van der Waals surface area contributed by atoms with Gasteiger partial charge >= 0.3 is 0 Å². The minimum absolute atomic E-state index is 0.0767. The van der Waals surface area contributed by atoms with E-state index in [1.165, 1.54) is 6.42 Å². The van der Waals surface area contributed by atoms with E-state index in [1.54, 1.807) is 18.2 Å². The Labute approximate surface area is 124 Å². The predicted octanol–water partition coefficient (Wildman–Crippen LogP) is 2.54. The first-order chi connectivity index (χ1) is 9.58. The lowest BCUT2D eigenvalue weighted by Crippen LogP contribution is -2.46. The zero-order chi connectivity index (χ0) is 14.5. The SMILES string of the molecule is CC(NCc1ccc(O)c(Cl)c1)C(=O)N1CCCCC1. The molecule has 110 valence electrons. The second-order valence-corrected chi connectivity index (χ2v) is 5.68. The Morgan fingerprint density at radius 3 is 2.75 bits per heavy atom. The average Bonchev–Trinajstić information content (AvgIpc) is 2.48. The largest absolute Gasteiger partial charge is 0.506 e. The molecule has 0 bridgehead atoms. The number of hydrogen-bond donors (Lipinski definition) is 2. The fourth-order valence-electron chi connectivity index (χ4n) is 2.41. The number of carbonyl (C=O) groups excluding carboxylic acids is 1. The van der Waals surface area contributed by atoms with E-state index in [0.717, 1.165) is 31.5 Å². The number of benzene rings is 1. The zero-order valence-electron chi connectivity index (χ0n) is 11.7. The van der Waals surface area contributed by atoms with E-state index in [-0.39, 0.29) is 17.7 Å². The molecule has 1 atom stereocenters. The molecule has 1 fully saturated rings. The summed E-state index contributed by atoms with van der Waals surface area (Å²) in [6.07, 6.45) is 3.43. The number of amides is 1. The second-order valence-electron chi connectivity index (χ2n) is 5.27. The summed E-state index contributed by atoms with van der Waals surface area (Å²) < 4.78 is 0. The standard InChI is InChI=1S/C15H21ClN2O2/c1-11(15(20)18-7-3-2-4-8-18)17-10-12-5-6-14(19)13(16)9-12/h5-6,9,11,17,19H,2-4,7-8,10H2,1H3. The molecule has 20 heavy (non-hydrogen) atoms. The molecule has 1 unspecified atom stereocenters. The molecule has 2 rings (SSSR count). The van der Waals surface area contributed by atoms with Crippen LogP contribution in [0.2, 0.25) is 5.02 Å². The Morgan fingerprint density at radius 2 is 2.10 bits per heavy atom. The van der Waals surface area contributed by atoms with Gasteiger partial charge in [0.25, 0.3) is 0 Å². The van der Waals surface area contributed by atoms with Crippen LogP contribution in [0.5, 0.6) is 5.75 Å². The molecule has 1 aromatic carbocycles. The number of piperidine rings is 1. The third-order valence-electron chi connectivity index (χ3n) is 3.66. The summed E-state index contributed by atoms with van der Waals surface area (Å²) in [5, 5.41) is 12.9. The highest BCUT2D eigenvalue weighted by Gasteiger charge is 2.21. The monoisotopic (exact) mass is 296 g/mol. The zero-order valence-corrected chi connectivity index (χ0v) is 12.5. The molecular weight excluding hydrogens is 276 g/mol. The van der Waals surface area contributed by atoms with Crippen molar-refractivity contribution in [1.82, 2.24) is 10.2 Å². The summed E-state index contributed by atoms with van der Waals surface area (Å²) in [7, 11) is 0. The fourth-order valence-corrected chi connectivity index (χ4v) is 2.61. The molecule has 1 aliphatic heterocycles. The molecule has 0 aliphatic carbocycles. The van der Waals surface area contributed by atoms with E-state index in [9.17, 15) is 9.90 Å². The van der Waals surface area contributed by atoms with Gasteiger partial charge in [0, 0.05) is 19.6 Å². The van der Waals surface area contributed by atoms with Crippen LogP contribution >= 0.6 is 11.6 Å². The van der Waals surface area contributed by atoms with Gasteiger partial charge in [0.1, 0.15) is 5.75 Å². The number of nitrogens with zero attached hydrogens (tertiary/aromatic N) is 1. The van der Waals surface area contributed by atoms with Crippen molar-refractivity contribution in [2.75, 3.05) is 13.1 Å². The molecule has 0 saturated carbocycles. The van der Waals surface area contributed by atoms with Crippen LogP contribution in [-0.4, -0.2) is 35.0 Å². The number of nitrogens with one attached hydrogen (secondary N) is 1. The van der Waals surface area contributed by atoms with Gasteiger partial charge < -0.3 is 15.3 Å². The number of halogens is 1. The maximum atomic E-state index is 12.2. The Kier molecular flexibility index (Phi) is 5.26. The third-order valence-corrected chi connectivity index (χ3v) is 3.97. The van der Waals surface area contributed by atoms with Crippen LogP contribution in [0.1, 0.15) is 31.7 Å². The van der Waals surface area contributed by atoms with E-state index in [1.807, 2.05) is 11.8 Å². The average molecular weight is 297 g/mol. The van der Waals surface area contributed by atoms with Gasteiger partial charge in [0.05, 0.1) is 11.1 Å². The molecule has 1 saturated heterocycles. The van der Waals surface area contributed by atoms with Crippen molar-refractivity contribution in [1.29, 1.82) is 0 Å². The number of aromatic hydroxyl groups is 1. The molecule has 0 radical (unpaired) electrons. The van der Waals surface area contributed by atoms with Gasteiger partial charge in [0.15, 0.2) is 0 Å². The molecule has 0 aromatic heterocycles. The minimum atomic E-state index is -0.208. The first-order valence-corrected chi connectivity index (χ1v) is 7.45. The Morgan fingerprint density at radius 1 is 1.40 bits per heavy atom. The Hall–Kier alpha value is -1.26. The number of likely N-dealkylation sites (tertiary alicyclic amines) is 1. The quantitative estimate of drug-likeness (QED) is 0.898. The highest BCUT2D eigenvalue weighted by atomic mass is 35.5. The van der Waals surface area contributed by atoms with E-state index in [2.05, 4.69) is 5.32 Å². The number of phenolic OH excluding ortho intramolecular Hbond substituents is 1. The van der Waals surface area contributed by atoms with Crippen LogP contribution in [0.25, 0.3) is 0 Å². The Balaban J connectivity index is 1.85. The van der Waals surface area contributed by atoms with Crippen molar-refractivity contribution in [3.8, 4) is 5.75 Å². The number of rotatable bonds is 4. The van der Waals surface area contributed by atoms with E-state index >= 15 is 0 Å². The lowest BCUT2D eigenvalue weighted by Gasteiger charge is -2.29. The molecule has 2 N–H and O–H groups in total. The van der Waals surface area contributed by atoms with Gasteiger partial charge in [-0.3, -0.25) is 4.79 Å². The van der Waals surface area contributed by atoms with Crippen LogP contribution in [0.15, 0.2) is 18.2 Å². The summed E-state index contributed by atoms with van der Waals surface area (Å²) in [4.78, 5) is 14.2. The predicted molar refractivity (Wildman–Crippen MR) is 79.8 cm³/mol. The van der Waals surface area contributed by atoms with E-state index in [0.29, 0.717) is 11.6 Å². The molecule has 4 nitrogen and oxygen atoms in total. The second kappa shape index (κ2) is 6.95. The molecule has 1 amide bonds. The first kappa shape index (κ1) is 15.1. The summed E-state index contributed by atoms with van der Waals surface area (Å²) in [6.45, 7) is 4.19. The highest BCUT2D eigenvalue weighted by molar-refractivity contribution is 6.32. The topological polar surface area (TPSA) is 52.6 Å². The van der Waals surface area contributed by atoms with Crippen LogP contribution in [-0.2, 0) is 11.3 Å². The van der Waals surface area contributed by atoms with Crippen LogP contribution in [0, 0.1) is 0 Å². The van der Waals surface area contributed by atoms with Crippen LogP contribution in [0.4, 0.5) is 0 Å². The van der Waals surface area contributed by atoms with E-state index in [4.69, 9.17) is 11.6 Å². The van der Waals surface area contributed by atoms with Gasteiger partial charge in [0.2, 0.25) is 5.91 Å². The van der Waals surface area contributed by atoms with Gasteiger partial charge in [-0.25, -0.2) is 0 Å². The first-order valence-electron chi connectivity index (χ1n) is 7.07. The Bertz CT molecular complexity index is 473. The van der Waals surface area contributed by atoms with Crippen molar-refractivity contribution in [3.05, 3.63) is 28.8 Å². The summed E-state index contributed by atoms with van der Waals surface area (Å²) in [5.41, 5.74) is 0.950. The maximum Gasteiger partial charge on any atom is 0.239 e. The minimum Gasteiger partial charge on any atom is -0.506 e. The normalized spacial score (nSPS) is 17.0. The third kappa shape index (κ3) is 3.87. The van der Waals surface area contributed by atoms with Crippen LogP contribution in [0.3, 0.4) is 0 Å². The van der Waals surface area contributed by atoms with Gasteiger partial charge in [-0.1, -0.05) is 17.7 Å². The fraction of sp³-hybridized carbons (Fsp3) is 0.533. The molecule has 1 heterocycles. The summed E-state index contributed by atoms with van der Waals surface area (Å²) in [6, 6.07) is 4.87. The van der Waals surface area contributed by atoms with Gasteiger partial charge in [-0.2, -0.15) is 0 Å². The lowest BCUT2D eigenvalue weighted by atomic mass is 10.1. The summed E-state index contributed by atoms with van der Waals surface area (Å²) in [5.74, 6) is 0.238. The molecule has 1 aromatic rings. The van der Waals surface area contributed by atoms with Gasteiger partial charge in [-0.15, -0.1) is 0 Å². The maximum absolute atomic E-state index is 12.2. The van der Waals surface area contributed by atoms with Crippen LogP contribution < -0.4 is 5.32 Å². The lowest BCUT2D eigenvalue weighted by molar-refractivity contribution is -0.133. The van der Waals surface area contributed by atoms with Gasteiger partial charge in [-0.05, 0) is 43.9 Å². The van der Waals surface area contributed by atoms with Crippen molar-refractivity contribution in [3.63, 3.8) is 0 Å². The number of phenols is 1. The smallest absolute Gasteiger partial charge is 0.239 e.